The Morgan fingerprint density at radius 2 is 1.88 bits per heavy atom. The van der Waals surface area contributed by atoms with Gasteiger partial charge in [0.1, 0.15) is 0 Å². The predicted molar refractivity (Wildman–Crippen MR) is 58.6 cm³/mol. The number of rotatable bonds is 3. The summed E-state index contributed by atoms with van der Waals surface area (Å²) in [6.07, 6.45) is 0. The number of carbonyl (C=O) groups is 1. The van der Waals surface area contributed by atoms with Crippen LogP contribution < -0.4 is 5.32 Å². The lowest BCUT2D eigenvalue weighted by molar-refractivity contribution is 0.0915. The Balaban J connectivity index is 3.02. The van der Waals surface area contributed by atoms with Crippen LogP contribution in [0.25, 0.3) is 0 Å². The Hall–Kier alpha value is -1.23. The van der Waals surface area contributed by atoms with Crippen LogP contribution in [0.4, 0.5) is 13.2 Å². The van der Waals surface area contributed by atoms with Crippen LogP contribution in [0.15, 0.2) is 12.1 Å². The molecule has 0 aromatic heterocycles. The number of hydrogen-bond donors (Lipinski definition) is 1. The molecule has 0 bridgehead atoms. The van der Waals surface area contributed by atoms with Gasteiger partial charge in [0.25, 0.3) is 5.91 Å². The van der Waals surface area contributed by atoms with E-state index in [9.17, 15) is 18.0 Å². The summed E-state index contributed by atoms with van der Waals surface area (Å²) in [4.78, 5) is 11.6. The molecule has 1 N–H and O–H groups in total. The fourth-order valence-corrected chi connectivity index (χ4v) is 1.18. The van der Waals surface area contributed by atoms with Crippen molar-refractivity contribution in [2.45, 2.75) is 19.4 Å². The van der Waals surface area contributed by atoms with Crippen molar-refractivity contribution < 1.29 is 18.0 Å². The normalized spacial score (nSPS) is 11.4. The smallest absolute Gasteiger partial charge is 0.254 e. The minimum absolute atomic E-state index is 0.101. The van der Waals surface area contributed by atoms with Crippen LogP contribution >= 0.6 is 11.6 Å². The molecule has 1 amide bonds. The fraction of sp³-hybridized carbons (Fsp3) is 0.364. The van der Waals surface area contributed by atoms with Crippen LogP contribution in [0, 0.1) is 17.5 Å². The van der Waals surface area contributed by atoms with E-state index in [2.05, 4.69) is 5.32 Å². The summed E-state index contributed by atoms with van der Waals surface area (Å²) >= 11 is 5.58. The molecule has 1 aromatic rings. The minimum Gasteiger partial charge on any atom is -0.346 e. The number of benzene rings is 1. The van der Waals surface area contributed by atoms with Crippen molar-refractivity contribution >= 4 is 17.5 Å². The number of amides is 1. The van der Waals surface area contributed by atoms with Gasteiger partial charge < -0.3 is 5.32 Å². The van der Waals surface area contributed by atoms with Crippen molar-refractivity contribution in [3.05, 3.63) is 35.1 Å². The second kappa shape index (κ2) is 4.96. The van der Waals surface area contributed by atoms with Gasteiger partial charge in [-0.25, -0.2) is 13.2 Å². The average Bonchev–Trinajstić information content (AvgIpc) is 2.25. The van der Waals surface area contributed by atoms with E-state index in [1.54, 1.807) is 13.8 Å². The molecule has 0 heterocycles. The summed E-state index contributed by atoms with van der Waals surface area (Å²) in [6.45, 7) is 3.24. The zero-order valence-electron chi connectivity index (χ0n) is 9.28. The Kier molecular flexibility index (Phi) is 4.03. The zero-order valence-corrected chi connectivity index (χ0v) is 10.0. The maximum absolute atomic E-state index is 13.3. The standard InChI is InChI=1S/C11H11ClF3NO/c1-11(2,5-12)16-10(17)6-3-4-7(13)9(15)8(6)14/h3-4H,5H2,1-2H3,(H,16,17). The molecule has 0 fully saturated rings. The van der Waals surface area contributed by atoms with Gasteiger partial charge in [-0.05, 0) is 26.0 Å². The summed E-state index contributed by atoms with van der Waals surface area (Å²) in [6, 6.07) is 1.58. The number of alkyl halides is 1. The van der Waals surface area contributed by atoms with Crippen molar-refractivity contribution in [1.29, 1.82) is 0 Å². The molecule has 6 heteroatoms. The summed E-state index contributed by atoms with van der Waals surface area (Å²) in [5.41, 5.74) is -1.32. The highest BCUT2D eigenvalue weighted by Crippen LogP contribution is 2.16. The Morgan fingerprint density at radius 3 is 2.41 bits per heavy atom. The van der Waals surface area contributed by atoms with Crippen LogP contribution in [0.3, 0.4) is 0 Å². The number of nitrogens with one attached hydrogen (secondary N) is 1. The van der Waals surface area contributed by atoms with Gasteiger partial charge in [0.2, 0.25) is 0 Å². The maximum Gasteiger partial charge on any atom is 0.254 e. The lowest BCUT2D eigenvalue weighted by atomic mass is 10.1. The molecule has 0 atom stereocenters. The van der Waals surface area contributed by atoms with Crippen LogP contribution in [0.1, 0.15) is 24.2 Å². The molecule has 0 saturated carbocycles. The molecule has 0 spiro atoms. The Labute approximate surface area is 102 Å². The molecule has 17 heavy (non-hydrogen) atoms. The van der Waals surface area contributed by atoms with E-state index < -0.39 is 34.5 Å². The Morgan fingerprint density at radius 1 is 1.29 bits per heavy atom. The van der Waals surface area contributed by atoms with E-state index in [-0.39, 0.29) is 5.88 Å². The van der Waals surface area contributed by atoms with E-state index in [0.717, 1.165) is 6.07 Å². The summed E-state index contributed by atoms with van der Waals surface area (Å²) in [7, 11) is 0. The molecule has 94 valence electrons. The third-order valence-corrected chi connectivity index (χ3v) is 2.73. The zero-order chi connectivity index (χ0) is 13.2. The van der Waals surface area contributed by atoms with E-state index >= 15 is 0 Å². The highest BCUT2D eigenvalue weighted by Gasteiger charge is 2.24. The van der Waals surface area contributed by atoms with E-state index in [1.165, 1.54) is 0 Å². The highest BCUT2D eigenvalue weighted by molar-refractivity contribution is 6.18. The average molecular weight is 266 g/mol. The second-order valence-electron chi connectivity index (χ2n) is 4.19. The molecule has 0 radical (unpaired) electrons. The van der Waals surface area contributed by atoms with Crippen molar-refractivity contribution in [1.82, 2.24) is 5.32 Å². The van der Waals surface area contributed by atoms with Crippen LogP contribution in [0.2, 0.25) is 0 Å². The molecule has 0 aliphatic rings. The molecule has 0 aliphatic heterocycles. The third-order valence-electron chi connectivity index (χ3n) is 2.07. The molecule has 1 aromatic carbocycles. The van der Waals surface area contributed by atoms with E-state index in [4.69, 9.17) is 11.6 Å². The SMILES string of the molecule is CC(C)(CCl)NC(=O)c1ccc(F)c(F)c1F. The third kappa shape index (κ3) is 3.12. The maximum atomic E-state index is 13.3. The first-order chi connectivity index (χ1) is 7.78. The molecule has 2 nitrogen and oxygen atoms in total. The van der Waals surface area contributed by atoms with Gasteiger partial charge in [0, 0.05) is 11.4 Å². The van der Waals surface area contributed by atoms with Crippen molar-refractivity contribution in [3.8, 4) is 0 Å². The van der Waals surface area contributed by atoms with Gasteiger partial charge in [-0.1, -0.05) is 0 Å². The lowest BCUT2D eigenvalue weighted by Crippen LogP contribution is -2.45. The van der Waals surface area contributed by atoms with Crippen molar-refractivity contribution in [2.24, 2.45) is 0 Å². The summed E-state index contributed by atoms with van der Waals surface area (Å²) in [5, 5.41) is 2.41. The van der Waals surface area contributed by atoms with E-state index in [1.807, 2.05) is 0 Å². The number of hydrogen-bond acceptors (Lipinski definition) is 1. The van der Waals surface area contributed by atoms with Gasteiger partial charge in [0.15, 0.2) is 17.5 Å². The van der Waals surface area contributed by atoms with Gasteiger partial charge in [-0.3, -0.25) is 4.79 Å². The first kappa shape index (κ1) is 13.8. The molecular formula is C11H11ClF3NO. The molecule has 0 aliphatic carbocycles. The summed E-state index contributed by atoms with van der Waals surface area (Å²) in [5.74, 6) is -5.25. The quantitative estimate of drug-likeness (QED) is 0.661. The predicted octanol–water partition coefficient (Wildman–Crippen LogP) is 2.85. The first-order valence-electron chi connectivity index (χ1n) is 4.80. The molecular weight excluding hydrogens is 255 g/mol. The lowest BCUT2D eigenvalue weighted by Gasteiger charge is -2.23. The van der Waals surface area contributed by atoms with Crippen LogP contribution in [-0.2, 0) is 0 Å². The monoisotopic (exact) mass is 265 g/mol. The molecule has 0 unspecified atom stereocenters. The van der Waals surface area contributed by atoms with Crippen molar-refractivity contribution in [2.75, 3.05) is 5.88 Å². The van der Waals surface area contributed by atoms with Gasteiger partial charge in [-0.2, -0.15) is 0 Å². The summed E-state index contributed by atoms with van der Waals surface area (Å²) < 4.78 is 38.9. The van der Waals surface area contributed by atoms with E-state index in [0.29, 0.717) is 6.07 Å². The molecule has 0 saturated heterocycles. The van der Waals surface area contributed by atoms with Crippen LogP contribution in [-0.4, -0.2) is 17.3 Å². The van der Waals surface area contributed by atoms with Crippen molar-refractivity contribution in [3.63, 3.8) is 0 Å². The van der Waals surface area contributed by atoms with Crippen LogP contribution in [0.5, 0.6) is 0 Å². The second-order valence-corrected chi connectivity index (χ2v) is 4.46. The fourth-order valence-electron chi connectivity index (χ4n) is 1.11. The Bertz CT molecular complexity index is 449. The number of carbonyl (C=O) groups excluding carboxylic acids is 1. The number of halogens is 4. The highest BCUT2D eigenvalue weighted by atomic mass is 35.5. The van der Waals surface area contributed by atoms with Gasteiger partial charge >= 0.3 is 0 Å². The van der Waals surface area contributed by atoms with Gasteiger partial charge in [-0.15, -0.1) is 11.6 Å². The minimum atomic E-state index is -1.67. The topological polar surface area (TPSA) is 29.1 Å². The molecule has 1 rings (SSSR count). The van der Waals surface area contributed by atoms with Gasteiger partial charge in [0.05, 0.1) is 5.56 Å². The first-order valence-corrected chi connectivity index (χ1v) is 5.34. The largest absolute Gasteiger partial charge is 0.346 e.